The standard InChI is InChI=1S/C21H18ClN5OS/c22-15-7-2-1-5-14(15)12-29-21-25-20-24-16-8-3-9-17(28)18(16)19(27(20)26-21)13-6-4-10-23-11-13/h1-2,4-7,10-11,19H,3,8-9,12H2,(H,24,25,26)/t19-/m0/s1. The number of anilines is 1. The number of allylic oxidation sites excluding steroid dienone is 2. The van der Waals surface area contributed by atoms with Crippen LogP contribution in [0.3, 0.4) is 0 Å². The fourth-order valence-electron chi connectivity index (χ4n) is 3.80. The molecule has 0 bridgehead atoms. The summed E-state index contributed by atoms with van der Waals surface area (Å²) in [6, 6.07) is 11.3. The van der Waals surface area contributed by atoms with Crippen molar-refractivity contribution in [3.63, 3.8) is 0 Å². The smallest absolute Gasteiger partial charge is 0.227 e. The molecule has 6 nitrogen and oxygen atoms in total. The number of thioether (sulfide) groups is 1. The number of ketones is 1. The summed E-state index contributed by atoms with van der Waals surface area (Å²) in [6.07, 6.45) is 5.79. The highest BCUT2D eigenvalue weighted by Gasteiger charge is 2.36. The minimum Gasteiger partial charge on any atom is -0.328 e. The first kappa shape index (κ1) is 18.4. The van der Waals surface area contributed by atoms with Crippen molar-refractivity contribution in [2.45, 2.75) is 36.2 Å². The van der Waals surface area contributed by atoms with Gasteiger partial charge in [-0.2, -0.15) is 4.98 Å². The Morgan fingerprint density at radius 3 is 2.93 bits per heavy atom. The van der Waals surface area contributed by atoms with Gasteiger partial charge in [-0.25, -0.2) is 4.68 Å². The number of carbonyl (C=O) groups is 1. The first-order valence-corrected chi connectivity index (χ1v) is 10.8. The second kappa shape index (κ2) is 7.65. The number of rotatable bonds is 4. The first-order chi connectivity index (χ1) is 14.2. The van der Waals surface area contributed by atoms with Crippen LogP contribution in [0.4, 0.5) is 5.95 Å². The summed E-state index contributed by atoms with van der Waals surface area (Å²) in [5.41, 5.74) is 3.71. The number of pyridine rings is 1. The molecule has 1 aliphatic carbocycles. The van der Waals surface area contributed by atoms with E-state index in [-0.39, 0.29) is 11.8 Å². The minimum absolute atomic E-state index is 0.166. The minimum atomic E-state index is -0.301. The molecular weight excluding hydrogens is 406 g/mol. The molecule has 0 radical (unpaired) electrons. The number of hydrogen-bond acceptors (Lipinski definition) is 6. The van der Waals surface area contributed by atoms with Gasteiger partial charge in [0, 0.05) is 40.9 Å². The number of carbonyl (C=O) groups excluding carboxylic acids is 1. The average Bonchev–Trinajstić information content (AvgIpc) is 3.15. The number of nitrogens with zero attached hydrogens (tertiary/aromatic N) is 4. The lowest BCUT2D eigenvalue weighted by atomic mass is 9.86. The largest absolute Gasteiger partial charge is 0.328 e. The first-order valence-electron chi connectivity index (χ1n) is 9.46. The van der Waals surface area contributed by atoms with Crippen LogP contribution < -0.4 is 5.32 Å². The fourth-order valence-corrected chi connectivity index (χ4v) is 4.92. The Labute approximate surface area is 177 Å². The molecule has 29 heavy (non-hydrogen) atoms. The molecule has 146 valence electrons. The van der Waals surface area contributed by atoms with Crippen LogP contribution in [0.15, 0.2) is 65.2 Å². The molecule has 0 saturated carbocycles. The molecule has 3 heterocycles. The number of halogens is 1. The van der Waals surface area contributed by atoms with E-state index in [4.69, 9.17) is 16.7 Å². The molecule has 1 atom stereocenters. The van der Waals surface area contributed by atoms with Gasteiger partial charge in [-0.3, -0.25) is 9.78 Å². The van der Waals surface area contributed by atoms with Crippen LogP contribution in [-0.4, -0.2) is 25.5 Å². The highest BCUT2D eigenvalue weighted by atomic mass is 35.5. The molecule has 1 aromatic carbocycles. The Bertz CT molecular complexity index is 1110. The van der Waals surface area contributed by atoms with Gasteiger partial charge in [0.15, 0.2) is 5.78 Å². The quantitative estimate of drug-likeness (QED) is 0.616. The van der Waals surface area contributed by atoms with Gasteiger partial charge in [-0.05, 0) is 36.1 Å². The normalized spacial score (nSPS) is 18.2. The highest BCUT2D eigenvalue weighted by Crippen LogP contribution is 2.40. The van der Waals surface area contributed by atoms with Gasteiger partial charge >= 0.3 is 0 Å². The van der Waals surface area contributed by atoms with E-state index in [1.54, 1.807) is 12.4 Å². The van der Waals surface area contributed by atoms with E-state index in [0.29, 0.717) is 23.3 Å². The number of benzene rings is 1. The summed E-state index contributed by atoms with van der Waals surface area (Å²) in [6.45, 7) is 0. The third kappa shape index (κ3) is 3.45. The number of aromatic nitrogens is 4. The average molecular weight is 424 g/mol. The molecular formula is C21H18ClN5OS. The van der Waals surface area contributed by atoms with Crippen molar-refractivity contribution in [2.24, 2.45) is 0 Å². The van der Waals surface area contributed by atoms with Crippen LogP contribution in [0, 0.1) is 0 Å². The SMILES string of the molecule is O=C1CCCC2=C1[C@H](c1cccnc1)n1nc(SCc3ccccc3Cl)nc1N2. The van der Waals surface area contributed by atoms with Crippen molar-refractivity contribution in [3.05, 3.63) is 76.2 Å². The molecule has 2 aliphatic rings. The molecule has 0 saturated heterocycles. The van der Waals surface area contributed by atoms with Gasteiger partial charge in [-0.1, -0.05) is 47.6 Å². The molecule has 2 aromatic heterocycles. The van der Waals surface area contributed by atoms with Crippen molar-refractivity contribution in [1.29, 1.82) is 0 Å². The second-order valence-corrected chi connectivity index (χ2v) is 8.38. The summed E-state index contributed by atoms with van der Waals surface area (Å²) < 4.78 is 1.81. The lowest BCUT2D eigenvalue weighted by Crippen LogP contribution is -2.31. The zero-order valence-electron chi connectivity index (χ0n) is 15.5. The van der Waals surface area contributed by atoms with E-state index in [0.717, 1.165) is 40.3 Å². The van der Waals surface area contributed by atoms with Crippen molar-refractivity contribution in [1.82, 2.24) is 19.7 Å². The Hall–Kier alpha value is -2.64. The lowest BCUT2D eigenvalue weighted by molar-refractivity contribution is -0.116. The maximum Gasteiger partial charge on any atom is 0.227 e. The van der Waals surface area contributed by atoms with E-state index in [1.165, 1.54) is 11.8 Å². The molecule has 0 spiro atoms. The summed E-state index contributed by atoms with van der Waals surface area (Å²) in [4.78, 5) is 21.7. The molecule has 0 fully saturated rings. The zero-order valence-corrected chi connectivity index (χ0v) is 17.1. The second-order valence-electron chi connectivity index (χ2n) is 7.03. The Morgan fingerprint density at radius 2 is 2.10 bits per heavy atom. The van der Waals surface area contributed by atoms with Gasteiger partial charge in [0.25, 0.3) is 0 Å². The van der Waals surface area contributed by atoms with Crippen molar-refractivity contribution >= 4 is 35.1 Å². The topological polar surface area (TPSA) is 72.7 Å². The molecule has 5 rings (SSSR count). The van der Waals surface area contributed by atoms with Crippen LogP contribution >= 0.6 is 23.4 Å². The lowest BCUT2D eigenvalue weighted by Gasteiger charge is -2.31. The molecule has 3 aromatic rings. The predicted molar refractivity (Wildman–Crippen MR) is 113 cm³/mol. The van der Waals surface area contributed by atoms with E-state index in [9.17, 15) is 4.79 Å². The summed E-state index contributed by atoms with van der Waals surface area (Å²) in [5, 5.41) is 9.46. The molecule has 1 aliphatic heterocycles. The fraction of sp³-hybridized carbons (Fsp3) is 0.238. The Kier molecular flexibility index (Phi) is 4.85. The van der Waals surface area contributed by atoms with Crippen LogP contribution in [0.5, 0.6) is 0 Å². The van der Waals surface area contributed by atoms with E-state index in [2.05, 4.69) is 15.3 Å². The number of hydrogen-bond donors (Lipinski definition) is 1. The summed E-state index contributed by atoms with van der Waals surface area (Å²) >= 11 is 7.80. The number of nitrogens with one attached hydrogen (secondary N) is 1. The van der Waals surface area contributed by atoms with Gasteiger partial charge in [-0.15, -0.1) is 5.10 Å². The zero-order chi connectivity index (χ0) is 19.8. The van der Waals surface area contributed by atoms with E-state index >= 15 is 0 Å². The Morgan fingerprint density at radius 1 is 1.21 bits per heavy atom. The monoisotopic (exact) mass is 423 g/mol. The molecule has 0 amide bonds. The number of Topliss-reactive ketones (excluding diaryl/α,β-unsaturated/α-hetero) is 1. The van der Waals surface area contributed by atoms with Crippen molar-refractivity contribution in [3.8, 4) is 0 Å². The number of fused-ring (bicyclic) bond motifs is 1. The van der Waals surface area contributed by atoms with Crippen molar-refractivity contribution in [2.75, 3.05) is 5.32 Å². The molecule has 8 heteroatoms. The highest BCUT2D eigenvalue weighted by molar-refractivity contribution is 7.98. The van der Waals surface area contributed by atoms with Gasteiger partial charge in [0.2, 0.25) is 11.1 Å². The third-order valence-corrected chi connectivity index (χ3v) is 6.42. The maximum absolute atomic E-state index is 12.8. The summed E-state index contributed by atoms with van der Waals surface area (Å²) in [5.74, 6) is 1.50. The van der Waals surface area contributed by atoms with Gasteiger partial charge < -0.3 is 5.32 Å². The van der Waals surface area contributed by atoms with E-state index in [1.807, 2.05) is 41.1 Å². The van der Waals surface area contributed by atoms with Gasteiger partial charge in [0.05, 0.1) is 0 Å². The molecule has 1 N–H and O–H groups in total. The van der Waals surface area contributed by atoms with Crippen molar-refractivity contribution < 1.29 is 4.79 Å². The van der Waals surface area contributed by atoms with Gasteiger partial charge in [0.1, 0.15) is 6.04 Å². The predicted octanol–water partition coefficient (Wildman–Crippen LogP) is 4.64. The van der Waals surface area contributed by atoms with E-state index < -0.39 is 0 Å². The summed E-state index contributed by atoms with van der Waals surface area (Å²) in [7, 11) is 0. The third-order valence-electron chi connectivity index (χ3n) is 5.16. The van der Waals surface area contributed by atoms with Crippen LogP contribution in [0.1, 0.15) is 36.4 Å². The van der Waals surface area contributed by atoms with Crippen LogP contribution in [0.25, 0.3) is 0 Å². The van der Waals surface area contributed by atoms with Crippen LogP contribution in [0.2, 0.25) is 5.02 Å². The maximum atomic E-state index is 12.8. The molecule has 0 unspecified atom stereocenters. The Balaban J connectivity index is 1.50. The van der Waals surface area contributed by atoms with Crippen LogP contribution in [-0.2, 0) is 10.5 Å².